The van der Waals surface area contributed by atoms with Crippen LogP contribution in [0, 0.1) is 0 Å². The zero-order valence-electron chi connectivity index (χ0n) is 14.3. The van der Waals surface area contributed by atoms with E-state index in [2.05, 4.69) is 10.1 Å². The molecule has 1 amide bonds. The van der Waals surface area contributed by atoms with E-state index in [1.54, 1.807) is 27.7 Å². The predicted octanol–water partition coefficient (Wildman–Crippen LogP) is 3.71. The lowest BCUT2D eigenvalue weighted by Crippen LogP contribution is -2.38. The lowest BCUT2D eigenvalue weighted by Gasteiger charge is -2.23. The molecule has 0 aliphatic carbocycles. The van der Waals surface area contributed by atoms with Crippen LogP contribution in [-0.4, -0.2) is 30.6 Å². The minimum Gasteiger partial charge on any atom is -0.464 e. The lowest BCUT2D eigenvalue weighted by atomic mass is 10.1. The third kappa shape index (κ3) is 7.77. The van der Waals surface area contributed by atoms with Crippen LogP contribution in [0.25, 0.3) is 0 Å². The molecule has 0 aromatic heterocycles. The van der Waals surface area contributed by atoms with E-state index in [9.17, 15) is 22.8 Å². The molecule has 0 aliphatic rings. The number of rotatable bonds is 5. The van der Waals surface area contributed by atoms with Gasteiger partial charge in [-0.1, -0.05) is 12.1 Å². The predicted molar refractivity (Wildman–Crippen MR) is 81.9 cm³/mol. The molecule has 9 heteroatoms. The summed E-state index contributed by atoms with van der Waals surface area (Å²) in [4.78, 5) is 24.0. The van der Waals surface area contributed by atoms with Gasteiger partial charge in [-0.05, 0) is 45.4 Å². The topological polar surface area (TPSA) is 73.9 Å². The minimum absolute atomic E-state index is 0.0318. The second kappa shape index (κ2) is 8.09. The van der Waals surface area contributed by atoms with E-state index >= 15 is 0 Å². The van der Waals surface area contributed by atoms with Crippen molar-refractivity contribution in [2.75, 3.05) is 6.61 Å². The number of alkyl halides is 3. The van der Waals surface area contributed by atoms with Gasteiger partial charge in [0.15, 0.2) is 6.04 Å². The summed E-state index contributed by atoms with van der Waals surface area (Å²) in [5.74, 6) is -1.36. The molecule has 0 spiro atoms. The molecule has 25 heavy (non-hydrogen) atoms. The number of carbonyl (C=O) groups excluding carboxylic acids is 2. The van der Waals surface area contributed by atoms with Gasteiger partial charge in [0.1, 0.15) is 11.4 Å². The Balaban J connectivity index is 3.05. The molecule has 1 unspecified atom stereocenters. The highest BCUT2D eigenvalue weighted by molar-refractivity contribution is 5.83. The highest BCUT2D eigenvalue weighted by Gasteiger charge is 2.32. The molecule has 0 saturated heterocycles. The van der Waals surface area contributed by atoms with E-state index in [1.807, 2.05) is 0 Å². The van der Waals surface area contributed by atoms with Crippen molar-refractivity contribution >= 4 is 12.1 Å². The number of benzene rings is 1. The molecule has 0 bridgehead atoms. The van der Waals surface area contributed by atoms with Crippen LogP contribution in [0.2, 0.25) is 0 Å². The summed E-state index contributed by atoms with van der Waals surface area (Å²) < 4.78 is 50.8. The van der Waals surface area contributed by atoms with E-state index in [0.29, 0.717) is 0 Å². The zero-order valence-corrected chi connectivity index (χ0v) is 14.3. The standard InChI is InChI=1S/C16H20F3NO5/c1-5-23-13(21)12(20-14(22)25-15(2,3)4)10-7-6-8-11(9-10)24-16(17,18)19/h6-9,12H,5H2,1-4H3,(H,20,22). The number of hydrogen-bond acceptors (Lipinski definition) is 5. The fraction of sp³-hybridized carbons (Fsp3) is 0.500. The molecule has 1 aromatic rings. The molecule has 1 N–H and O–H groups in total. The normalized spacial score (nSPS) is 12.9. The quantitative estimate of drug-likeness (QED) is 0.807. The lowest BCUT2D eigenvalue weighted by molar-refractivity contribution is -0.274. The summed E-state index contributed by atoms with van der Waals surface area (Å²) in [6.07, 6.45) is -5.79. The molecule has 6 nitrogen and oxygen atoms in total. The SMILES string of the molecule is CCOC(=O)C(NC(=O)OC(C)(C)C)c1cccc(OC(F)(F)F)c1. The van der Waals surface area contributed by atoms with Crippen molar-refractivity contribution in [1.29, 1.82) is 0 Å². The summed E-state index contributed by atoms with van der Waals surface area (Å²) in [5.41, 5.74) is -0.754. The fourth-order valence-electron chi connectivity index (χ4n) is 1.82. The van der Waals surface area contributed by atoms with Crippen molar-refractivity contribution in [2.24, 2.45) is 0 Å². The van der Waals surface area contributed by atoms with Crippen molar-refractivity contribution in [3.63, 3.8) is 0 Å². The van der Waals surface area contributed by atoms with Gasteiger partial charge in [0.25, 0.3) is 0 Å². The molecular weight excluding hydrogens is 343 g/mol. The van der Waals surface area contributed by atoms with Crippen LogP contribution in [0.15, 0.2) is 24.3 Å². The second-order valence-electron chi connectivity index (χ2n) is 5.95. The van der Waals surface area contributed by atoms with E-state index in [-0.39, 0.29) is 12.2 Å². The number of hydrogen-bond donors (Lipinski definition) is 1. The van der Waals surface area contributed by atoms with Gasteiger partial charge in [0, 0.05) is 0 Å². The van der Waals surface area contributed by atoms with Crippen LogP contribution < -0.4 is 10.1 Å². The maximum absolute atomic E-state index is 12.3. The summed E-state index contributed by atoms with van der Waals surface area (Å²) in [7, 11) is 0. The summed E-state index contributed by atoms with van der Waals surface area (Å²) >= 11 is 0. The number of halogens is 3. The minimum atomic E-state index is -4.88. The zero-order chi connectivity index (χ0) is 19.3. The molecule has 1 rings (SSSR count). The number of ether oxygens (including phenoxy) is 3. The summed E-state index contributed by atoms with van der Waals surface area (Å²) in [6.45, 7) is 6.48. The van der Waals surface area contributed by atoms with E-state index in [4.69, 9.17) is 9.47 Å². The molecule has 1 atom stereocenters. The van der Waals surface area contributed by atoms with Crippen molar-refractivity contribution in [1.82, 2.24) is 5.32 Å². The van der Waals surface area contributed by atoms with Crippen LogP contribution in [-0.2, 0) is 14.3 Å². The molecule has 0 radical (unpaired) electrons. The monoisotopic (exact) mass is 363 g/mol. The Morgan fingerprint density at radius 2 is 1.84 bits per heavy atom. The second-order valence-corrected chi connectivity index (χ2v) is 5.95. The number of alkyl carbamates (subject to hydrolysis) is 1. The van der Waals surface area contributed by atoms with Gasteiger partial charge < -0.3 is 19.5 Å². The Morgan fingerprint density at radius 1 is 1.20 bits per heavy atom. The molecular formula is C16H20F3NO5. The first kappa shape index (κ1) is 20.6. The van der Waals surface area contributed by atoms with Gasteiger partial charge in [-0.15, -0.1) is 13.2 Å². The number of nitrogens with one attached hydrogen (secondary N) is 1. The number of amides is 1. The summed E-state index contributed by atoms with van der Waals surface area (Å²) in [6, 6.07) is 3.35. The first-order valence-corrected chi connectivity index (χ1v) is 7.43. The average molecular weight is 363 g/mol. The van der Waals surface area contributed by atoms with E-state index in [1.165, 1.54) is 12.1 Å². The average Bonchev–Trinajstić information content (AvgIpc) is 2.41. The molecule has 1 aromatic carbocycles. The Kier molecular flexibility index (Phi) is 6.66. The Hall–Kier alpha value is -2.45. The summed E-state index contributed by atoms with van der Waals surface area (Å²) in [5, 5.41) is 2.29. The molecule has 140 valence electrons. The van der Waals surface area contributed by atoms with Gasteiger partial charge in [-0.3, -0.25) is 0 Å². The Bertz CT molecular complexity index is 611. The van der Waals surface area contributed by atoms with Gasteiger partial charge >= 0.3 is 18.4 Å². The van der Waals surface area contributed by atoms with Crippen LogP contribution >= 0.6 is 0 Å². The van der Waals surface area contributed by atoms with Crippen molar-refractivity contribution < 1.29 is 37.0 Å². The van der Waals surface area contributed by atoms with Crippen molar-refractivity contribution in [3.05, 3.63) is 29.8 Å². The van der Waals surface area contributed by atoms with E-state index in [0.717, 1.165) is 12.1 Å². The van der Waals surface area contributed by atoms with Crippen molar-refractivity contribution in [3.8, 4) is 5.75 Å². The fourth-order valence-corrected chi connectivity index (χ4v) is 1.82. The third-order valence-corrected chi connectivity index (χ3v) is 2.61. The van der Waals surface area contributed by atoms with Crippen LogP contribution in [0.1, 0.15) is 39.3 Å². The largest absolute Gasteiger partial charge is 0.573 e. The molecule has 0 fully saturated rings. The van der Waals surface area contributed by atoms with E-state index < -0.39 is 35.8 Å². The highest BCUT2D eigenvalue weighted by atomic mass is 19.4. The molecule has 0 heterocycles. The Labute approximate surface area is 143 Å². The maximum atomic E-state index is 12.3. The smallest absolute Gasteiger partial charge is 0.464 e. The van der Waals surface area contributed by atoms with Gasteiger partial charge in [-0.25, -0.2) is 9.59 Å². The number of esters is 1. The van der Waals surface area contributed by atoms with Crippen LogP contribution in [0.4, 0.5) is 18.0 Å². The highest BCUT2D eigenvalue weighted by Crippen LogP contribution is 2.26. The van der Waals surface area contributed by atoms with Gasteiger partial charge in [0.05, 0.1) is 6.61 Å². The van der Waals surface area contributed by atoms with Gasteiger partial charge in [-0.2, -0.15) is 0 Å². The number of carbonyl (C=O) groups is 2. The molecule has 0 saturated carbocycles. The van der Waals surface area contributed by atoms with Crippen molar-refractivity contribution in [2.45, 2.75) is 45.7 Å². The van der Waals surface area contributed by atoms with Crippen LogP contribution in [0.3, 0.4) is 0 Å². The van der Waals surface area contributed by atoms with Gasteiger partial charge in [0.2, 0.25) is 0 Å². The first-order chi connectivity index (χ1) is 11.4. The molecule has 0 aliphatic heterocycles. The maximum Gasteiger partial charge on any atom is 0.573 e. The Morgan fingerprint density at radius 3 is 2.36 bits per heavy atom. The van der Waals surface area contributed by atoms with Crippen LogP contribution in [0.5, 0.6) is 5.75 Å². The first-order valence-electron chi connectivity index (χ1n) is 7.43. The third-order valence-electron chi connectivity index (χ3n) is 2.61.